The molecule has 4 rings (SSSR count). The zero-order valence-electron chi connectivity index (χ0n) is 19.0. The van der Waals surface area contributed by atoms with Gasteiger partial charge in [0.2, 0.25) is 11.1 Å². The molecule has 34 heavy (non-hydrogen) atoms. The molecule has 0 aliphatic rings. The Kier molecular flexibility index (Phi) is 6.94. The van der Waals surface area contributed by atoms with E-state index in [1.54, 1.807) is 11.8 Å². The molecule has 1 N–H and O–H groups in total. The molecule has 0 fully saturated rings. The number of aromatic nitrogens is 5. The number of nitrogens with zero attached hydrogens (tertiary/aromatic N) is 6. The number of hydrogen-bond donors (Lipinski definition) is 1. The van der Waals surface area contributed by atoms with Gasteiger partial charge in [-0.15, -0.1) is 5.10 Å². The van der Waals surface area contributed by atoms with Crippen molar-refractivity contribution in [1.29, 1.82) is 5.26 Å². The van der Waals surface area contributed by atoms with Gasteiger partial charge >= 0.3 is 0 Å². The van der Waals surface area contributed by atoms with Gasteiger partial charge in [0, 0.05) is 11.4 Å². The molecule has 0 saturated carbocycles. The molecular formula is C24H23N7O2S. The predicted octanol–water partition coefficient (Wildman–Crippen LogP) is 3.74. The SMILES string of the molecule is COc1ccc(-n2c(C)c(C)c(C#N)c2NC(=O)CSc2nnnn2Cc2ccccc2)cc1. The maximum Gasteiger partial charge on any atom is 0.236 e. The second-order valence-electron chi connectivity index (χ2n) is 7.52. The summed E-state index contributed by atoms with van der Waals surface area (Å²) in [7, 11) is 1.60. The summed E-state index contributed by atoms with van der Waals surface area (Å²) >= 11 is 1.24. The number of nitrogens with one attached hydrogen (secondary N) is 1. The highest BCUT2D eigenvalue weighted by atomic mass is 32.2. The molecule has 2 aromatic carbocycles. The standard InChI is InChI=1S/C24H23N7O2S/c1-16-17(2)31(19-9-11-20(33-3)12-10-19)23(21(16)13-25)26-22(32)15-34-24-27-28-29-30(24)14-18-7-5-4-6-8-18/h4-12H,14-15H2,1-3H3,(H,26,32). The van der Waals surface area contributed by atoms with E-state index in [4.69, 9.17) is 4.74 Å². The number of carbonyl (C=O) groups excluding carboxylic acids is 1. The Morgan fingerprint density at radius 1 is 1.15 bits per heavy atom. The zero-order chi connectivity index (χ0) is 24.1. The van der Waals surface area contributed by atoms with Crippen molar-refractivity contribution in [3.63, 3.8) is 0 Å². The van der Waals surface area contributed by atoms with Gasteiger partial charge in [-0.1, -0.05) is 42.1 Å². The third kappa shape index (κ3) is 4.79. The van der Waals surface area contributed by atoms with Gasteiger partial charge in [0.1, 0.15) is 17.6 Å². The third-order valence-electron chi connectivity index (χ3n) is 5.42. The predicted molar refractivity (Wildman–Crippen MR) is 129 cm³/mol. The largest absolute Gasteiger partial charge is 0.497 e. The van der Waals surface area contributed by atoms with Crippen LogP contribution in [0.5, 0.6) is 5.75 Å². The van der Waals surface area contributed by atoms with Crippen LogP contribution in [0.25, 0.3) is 5.69 Å². The van der Waals surface area contributed by atoms with Crippen molar-refractivity contribution >= 4 is 23.5 Å². The lowest BCUT2D eigenvalue weighted by atomic mass is 10.2. The molecule has 172 valence electrons. The molecule has 1 amide bonds. The monoisotopic (exact) mass is 473 g/mol. The third-order valence-corrected chi connectivity index (χ3v) is 6.38. The summed E-state index contributed by atoms with van der Waals surface area (Å²) in [5.41, 5.74) is 3.99. The fourth-order valence-electron chi connectivity index (χ4n) is 3.57. The number of ether oxygens (including phenoxy) is 1. The summed E-state index contributed by atoms with van der Waals surface area (Å²) in [6, 6.07) is 19.5. The molecule has 0 spiro atoms. The fourth-order valence-corrected chi connectivity index (χ4v) is 4.25. The lowest BCUT2D eigenvalue weighted by Crippen LogP contribution is -2.18. The van der Waals surface area contributed by atoms with Crippen molar-refractivity contribution in [1.82, 2.24) is 24.8 Å². The Morgan fingerprint density at radius 3 is 2.56 bits per heavy atom. The number of anilines is 1. The van der Waals surface area contributed by atoms with Crippen LogP contribution in [0.3, 0.4) is 0 Å². The first kappa shape index (κ1) is 23.1. The quantitative estimate of drug-likeness (QED) is 0.388. The van der Waals surface area contributed by atoms with Gasteiger partial charge in [-0.2, -0.15) is 5.26 Å². The molecule has 4 aromatic rings. The number of benzene rings is 2. The van der Waals surface area contributed by atoms with Gasteiger partial charge in [-0.25, -0.2) is 4.68 Å². The molecule has 2 heterocycles. The molecule has 0 atom stereocenters. The molecule has 2 aromatic heterocycles. The Bertz CT molecular complexity index is 1340. The first-order chi connectivity index (χ1) is 16.5. The van der Waals surface area contributed by atoms with Crippen molar-refractivity contribution in [2.45, 2.75) is 25.5 Å². The van der Waals surface area contributed by atoms with Gasteiger partial charge in [-0.3, -0.25) is 9.36 Å². The van der Waals surface area contributed by atoms with Crippen molar-refractivity contribution in [2.75, 3.05) is 18.2 Å². The number of amides is 1. The Balaban J connectivity index is 1.52. The maximum atomic E-state index is 12.9. The van der Waals surface area contributed by atoms with Gasteiger partial charge in [0.15, 0.2) is 0 Å². The van der Waals surface area contributed by atoms with E-state index in [9.17, 15) is 10.1 Å². The van der Waals surface area contributed by atoms with Crippen LogP contribution in [0.4, 0.5) is 5.82 Å². The minimum absolute atomic E-state index is 0.0892. The number of tetrazole rings is 1. The molecule has 0 radical (unpaired) electrons. The molecule has 0 bridgehead atoms. The Hall–Kier alpha value is -4.10. The maximum absolute atomic E-state index is 12.9. The number of nitriles is 1. The summed E-state index contributed by atoms with van der Waals surface area (Å²) in [5.74, 6) is 0.993. The number of carbonyl (C=O) groups is 1. The summed E-state index contributed by atoms with van der Waals surface area (Å²) in [5, 5.41) is 25.0. The molecule has 0 aliphatic carbocycles. The fraction of sp³-hybridized carbons (Fsp3) is 0.208. The summed E-state index contributed by atoms with van der Waals surface area (Å²) in [6.07, 6.45) is 0. The first-order valence-electron chi connectivity index (χ1n) is 10.5. The van der Waals surface area contributed by atoms with Crippen LogP contribution in [-0.2, 0) is 11.3 Å². The minimum Gasteiger partial charge on any atom is -0.497 e. The van der Waals surface area contributed by atoms with E-state index >= 15 is 0 Å². The molecule has 10 heteroatoms. The van der Waals surface area contributed by atoms with Crippen LogP contribution in [0.2, 0.25) is 0 Å². The normalized spacial score (nSPS) is 10.6. The lowest BCUT2D eigenvalue weighted by Gasteiger charge is -2.13. The zero-order valence-corrected chi connectivity index (χ0v) is 19.8. The van der Waals surface area contributed by atoms with Crippen molar-refractivity contribution in [3.8, 4) is 17.5 Å². The van der Waals surface area contributed by atoms with E-state index in [1.165, 1.54) is 11.8 Å². The summed E-state index contributed by atoms with van der Waals surface area (Å²) in [4.78, 5) is 12.9. The van der Waals surface area contributed by atoms with Gasteiger partial charge in [0.05, 0.1) is 25.0 Å². The van der Waals surface area contributed by atoms with Gasteiger partial charge < -0.3 is 10.1 Å². The van der Waals surface area contributed by atoms with Gasteiger partial charge in [-0.05, 0) is 59.7 Å². The average Bonchev–Trinajstić information content (AvgIpc) is 3.39. The van der Waals surface area contributed by atoms with E-state index < -0.39 is 0 Å². The highest BCUT2D eigenvalue weighted by molar-refractivity contribution is 7.99. The second-order valence-corrected chi connectivity index (χ2v) is 8.46. The average molecular weight is 474 g/mol. The molecular weight excluding hydrogens is 450 g/mol. The van der Waals surface area contributed by atoms with Crippen LogP contribution in [0, 0.1) is 25.2 Å². The highest BCUT2D eigenvalue weighted by Crippen LogP contribution is 2.31. The molecule has 9 nitrogen and oxygen atoms in total. The van der Waals surface area contributed by atoms with E-state index in [1.807, 2.05) is 73.0 Å². The number of methoxy groups -OCH3 is 1. The topological polar surface area (TPSA) is 111 Å². The second kappa shape index (κ2) is 10.2. The lowest BCUT2D eigenvalue weighted by molar-refractivity contribution is -0.113. The van der Waals surface area contributed by atoms with Gasteiger partial charge in [0.25, 0.3) is 0 Å². The highest BCUT2D eigenvalue weighted by Gasteiger charge is 2.21. The number of hydrogen-bond acceptors (Lipinski definition) is 7. The smallest absolute Gasteiger partial charge is 0.236 e. The van der Waals surface area contributed by atoms with Crippen molar-refractivity contribution in [2.24, 2.45) is 0 Å². The van der Waals surface area contributed by atoms with Crippen LogP contribution in [0.15, 0.2) is 59.8 Å². The number of thioether (sulfide) groups is 1. The van der Waals surface area contributed by atoms with Crippen LogP contribution < -0.4 is 10.1 Å². The van der Waals surface area contributed by atoms with Crippen molar-refractivity contribution in [3.05, 3.63) is 77.0 Å². The minimum atomic E-state index is -0.261. The van der Waals surface area contributed by atoms with Crippen LogP contribution >= 0.6 is 11.8 Å². The molecule has 0 aliphatic heterocycles. The van der Waals surface area contributed by atoms with Crippen LogP contribution in [-0.4, -0.2) is 43.5 Å². The number of rotatable bonds is 8. The van der Waals surface area contributed by atoms with E-state index in [0.29, 0.717) is 23.1 Å². The Morgan fingerprint density at radius 2 is 1.88 bits per heavy atom. The Labute approximate surface area is 201 Å². The molecule has 0 saturated heterocycles. The van der Waals surface area contributed by atoms with E-state index in [0.717, 1.165) is 28.3 Å². The van der Waals surface area contributed by atoms with E-state index in [-0.39, 0.29) is 11.7 Å². The summed E-state index contributed by atoms with van der Waals surface area (Å²) < 4.78 is 8.77. The summed E-state index contributed by atoms with van der Waals surface area (Å²) in [6.45, 7) is 4.30. The van der Waals surface area contributed by atoms with Crippen LogP contribution in [0.1, 0.15) is 22.4 Å². The van der Waals surface area contributed by atoms with Crippen molar-refractivity contribution < 1.29 is 9.53 Å². The molecule has 0 unspecified atom stereocenters. The van der Waals surface area contributed by atoms with E-state index in [2.05, 4.69) is 26.9 Å². The first-order valence-corrected chi connectivity index (χ1v) is 11.5.